The Bertz CT molecular complexity index is 218. The molecule has 0 aromatic rings. The molecule has 0 saturated carbocycles. The van der Waals surface area contributed by atoms with Crippen LogP contribution in [0.5, 0.6) is 0 Å². The summed E-state index contributed by atoms with van der Waals surface area (Å²) < 4.78 is 0. The Labute approximate surface area is 88.7 Å². The monoisotopic (exact) mass is 218 g/mol. The maximum absolute atomic E-state index is 11.3. The first-order valence-electron chi connectivity index (χ1n) is 4.77. The molecule has 0 heterocycles. The molecular weight excluding hydrogens is 200 g/mol. The molecule has 0 rings (SSSR count). The Morgan fingerprint density at radius 3 is 2.13 bits per heavy atom. The van der Waals surface area contributed by atoms with Gasteiger partial charge in [-0.15, -0.1) is 0 Å². The van der Waals surface area contributed by atoms with E-state index >= 15 is 0 Å². The highest BCUT2D eigenvalue weighted by molar-refractivity contribution is 5.84. The van der Waals surface area contributed by atoms with Crippen molar-refractivity contribution in [2.75, 3.05) is 19.8 Å². The van der Waals surface area contributed by atoms with Crippen molar-refractivity contribution < 1.29 is 19.8 Å². The Balaban J connectivity index is 4.17. The SMILES string of the molecule is CCC(CO)(CO)NC(=O)CNC(C)=O. The zero-order valence-electron chi connectivity index (χ0n) is 9.04. The Kier molecular flexibility index (Phi) is 5.88. The van der Waals surface area contributed by atoms with Crippen LogP contribution in [0.25, 0.3) is 0 Å². The summed E-state index contributed by atoms with van der Waals surface area (Å²) in [5.41, 5.74) is -1.00. The van der Waals surface area contributed by atoms with Crippen LogP contribution in [-0.4, -0.2) is 47.3 Å². The van der Waals surface area contributed by atoms with Gasteiger partial charge in [0, 0.05) is 6.92 Å². The predicted octanol–water partition coefficient (Wildman–Crippen LogP) is -1.63. The van der Waals surface area contributed by atoms with Crippen LogP contribution in [0.1, 0.15) is 20.3 Å². The fourth-order valence-electron chi connectivity index (χ4n) is 0.986. The molecule has 0 aromatic carbocycles. The topological polar surface area (TPSA) is 98.7 Å². The third kappa shape index (κ3) is 4.75. The van der Waals surface area contributed by atoms with Crippen LogP contribution in [0.2, 0.25) is 0 Å². The number of rotatable bonds is 6. The summed E-state index contributed by atoms with van der Waals surface area (Å²) in [5.74, 6) is -0.740. The summed E-state index contributed by atoms with van der Waals surface area (Å²) >= 11 is 0. The van der Waals surface area contributed by atoms with E-state index in [9.17, 15) is 9.59 Å². The molecule has 15 heavy (non-hydrogen) atoms. The van der Waals surface area contributed by atoms with Gasteiger partial charge in [0.25, 0.3) is 0 Å². The van der Waals surface area contributed by atoms with E-state index in [1.165, 1.54) is 6.92 Å². The number of carbonyl (C=O) groups is 2. The first-order chi connectivity index (χ1) is 6.99. The Morgan fingerprint density at radius 1 is 1.27 bits per heavy atom. The number of amides is 2. The molecule has 2 amide bonds. The fraction of sp³-hybridized carbons (Fsp3) is 0.778. The minimum atomic E-state index is -1.00. The third-order valence-electron chi connectivity index (χ3n) is 2.18. The van der Waals surface area contributed by atoms with Gasteiger partial charge in [-0.2, -0.15) is 0 Å². The molecule has 88 valence electrons. The van der Waals surface area contributed by atoms with Crippen molar-refractivity contribution in [1.29, 1.82) is 0 Å². The molecule has 0 aliphatic rings. The van der Waals surface area contributed by atoms with E-state index in [-0.39, 0.29) is 25.7 Å². The van der Waals surface area contributed by atoms with Gasteiger partial charge >= 0.3 is 0 Å². The summed E-state index contributed by atoms with van der Waals surface area (Å²) in [6.45, 7) is 2.21. The summed E-state index contributed by atoms with van der Waals surface area (Å²) in [7, 11) is 0. The number of hydrogen-bond acceptors (Lipinski definition) is 4. The van der Waals surface area contributed by atoms with Crippen molar-refractivity contribution in [2.24, 2.45) is 0 Å². The van der Waals surface area contributed by atoms with Crippen LogP contribution in [0.3, 0.4) is 0 Å². The Hall–Kier alpha value is -1.14. The zero-order chi connectivity index (χ0) is 11.9. The second-order valence-electron chi connectivity index (χ2n) is 3.41. The molecule has 0 spiro atoms. The second-order valence-corrected chi connectivity index (χ2v) is 3.41. The number of aliphatic hydroxyl groups excluding tert-OH is 2. The maximum atomic E-state index is 11.3. The highest BCUT2D eigenvalue weighted by Crippen LogP contribution is 2.07. The van der Waals surface area contributed by atoms with E-state index < -0.39 is 11.4 Å². The summed E-state index contributed by atoms with van der Waals surface area (Å²) in [6.07, 6.45) is 0.409. The highest BCUT2D eigenvalue weighted by atomic mass is 16.3. The first-order valence-corrected chi connectivity index (χ1v) is 4.77. The maximum Gasteiger partial charge on any atom is 0.239 e. The lowest BCUT2D eigenvalue weighted by Crippen LogP contribution is -2.55. The van der Waals surface area contributed by atoms with Crippen LogP contribution in [0.15, 0.2) is 0 Å². The average Bonchev–Trinajstić information content (AvgIpc) is 2.23. The quantitative estimate of drug-likeness (QED) is 0.430. The average molecular weight is 218 g/mol. The van der Waals surface area contributed by atoms with E-state index in [0.717, 1.165) is 0 Å². The van der Waals surface area contributed by atoms with Gasteiger partial charge in [0.1, 0.15) is 0 Å². The van der Waals surface area contributed by atoms with Gasteiger partial charge in [-0.25, -0.2) is 0 Å². The van der Waals surface area contributed by atoms with E-state index in [1.807, 2.05) is 0 Å². The van der Waals surface area contributed by atoms with Gasteiger partial charge in [0.05, 0.1) is 25.3 Å². The van der Waals surface area contributed by atoms with E-state index in [4.69, 9.17) is 10.2 Å². The fourth-order valence-corrected chi connectivity index (χ4v) is 0.986. The lowest BCUT2D eigenvalue weighted by molar-refractivity contribution is -0.127. The van der Waals surface area contributed by atoms with Crippen LogP contribution >= 0.6 is 0 Å². The number of nitrogens with one attached hydrogen (secondary N) is 2. The van der Waals surface area contributed by atoms with Crippen LogP contribution in [0, 0.1) is 0 Å². The standard InChI is InChI=1S/C9H18N2O4/c1-3-9(5-12,6-13)11-8(15)4-10-7(2)14/h12-13H,3-6H2,1-2H3,(H,10,14)(H,11,15). The predicted molar refractivity (Wildman–Crippen MR) is 54.0 cm³/mol. The molecule has 0 atom stereocenters. The van der Waals surface area contributed by atoms with Gasteiger partial charge in [-0.1, -0.05) is 6.92 Å². The largest absolute Gasteiger partial charge is 0.394 e. The van der Waals surface area contributed by atoms with E-state index in [2.05, 4.69) is 10.6 Å². The van der Waals surface area contributed by atoms with Crippen LogP contribution in [0.4, 0.5) is 0 Å². The number of hydrogen-bond donors (Lipinski definition) is 4. The molecule has 4 N–H and O–H groups in total. The molecule has 0 aliphatic heterocycles. The first kappa shape index (κ1) is 13.9. The van der Waals surface area contributed by atoms with Crippen molar-refractivity contribution in [2.45, 2.75) is 25.8 Å². The number of aliphatic hydroxyl groups is 2. The minimum Gasteiger partial charge on any atom is -0.394 e. The lowest BCUT2D eigenvalue weighted by atomic mass is 9.98. The molecule has 0 aromatic heterocycles. The van der Waals surface area contributed by atoms with Crippen molar-refractivity contribution in [3.63, 3.8) is 0 Å². The summed E-state index contributed by atoms with van der Waals surface area (Å²) in [6, 6.07) is 0. The van der Waals surface area contributed by atoms with Crippen LogP contribution < -0.4 is 10.6 Å². The second kappa shape index (κ2) is 6.36. The van der Waals surface area contributed by atoms with Gasteiger partial charge in [-0.3, -0.25) is 9.59 Å². The van der Waals surface area contributed by atoms with Crippen molar-refractivity contribution >= 4 is 11.8 Å². The smallest absolute Gasteiger partial charge is 0.239 e. The van der Waals surface area contributed by atoms with Gasteiger partial charge in [-0.05, 0) is 6.42 Å². The van der Waals surface area contributed by atoms with E-state index in [0.29, 0.717) is 6.42 Å². The van der Waals surface area contributed by atoms with Crippen molar-refractivity contribution in [3.05, 3.63) is 0 Å². The number of carbonyl (C=O) groups excluding carboxylic acids is 2. The highest BCUT2D eigenvalue weighted by Gasteiger charge is 2.28. The lowest BCUT2D eigenvalue weighted by Gasteiger charge is -2.29. The van der Waals surface area contributed by atoms with E-state index in [1.54, 1.807) is 6.92 Å². The van der Waals surface area contributed by atoms with Gasteiger partial charge < -0.3 is 20.8 Å². The zero-order valence-corrected chi connectivity index (χ0v) is 9.04. The molecule has 0 bridgehead atoms. The summed E-state index contributed by atoms with van der Waals surface area (Å²) in [5, 5.41) is 22.9. The molecular formula is C9H18N2O4. The molecule has 0 radical (unpaired) electrons. The third-order valence-corrected chi connectivity index (χ3v) is 2.18. The Morgan fingerprint density at radius 2 is 1.80 bits per heavy atom. The normalized spacial score (nSPS) is 10.9. The molecule has 6 nitrogen and oxygen atoms in total. The van der Waals surface area contributed by atoms with Gasteiger partial charge in [0.2, 0.25) is 11.8 Å². The molecule has 0 aliphatic carbocycles. The molecule has 0 fully saturated rings. The molecule has 6 heteroatoms. The van der Waals surface area contributed by atoms with Crippen LogP contribution in [-0.2, 0) is 9.59 Å². The van der Waals surface area contributed by atoms with Gasteiger partial charge in [0.15, 0.2) is 0 Å². The minimum absolute atomic E-state index is 0.156. The van der Waals surface area contributed by atoms with Crippen molar-refractivity contribution in [1.82, 2.24) is 10.6 Å². The van der Waals surface area contributed by atoms with Crippen molar-refractivity contribution in [3.8, 4) is 0 Å². The molecule has 0 unspecified atom stereocenters. The molecule has 0 saturated heterocycles. The summed E-state index contributed by atoms with van der Waals surface area (Å²) in [4.78, 5) is 21.8.